The van der Waals surface area contributed by atoms with Gasteiger partial charge in [-0.15, -0.1) is 0 Å². The van der Waals surface area contributed by atoms with Gasteiger partial charge < -0.3 is 0 Å². The van der Waals surface area contributed by atoms with Crippen LogP contribution in [0.25, 0.3) is 16.7 Å². The number of hydrogen-bond donors (Lipinski definition) is 0. The summed E-state index contributed by atoms with van der Waals surface area (Å²) in [6.45, 7) is 0. The fraction of sp³-hybridized carbons (Fsp3) is 0.0690. The van der Waals surface area contributed by atoms with Crippen LogP contribution in [0.3, 0.4) is 0 Å². The Kier molecular flexibility index (Phi) is 8.56. The van der Waals surface area contributed by atoms with Gasteiger partial charge in [-0.1, -0.05) is 0 Å². The average Bonchev–Trinajstić information content (AvgIpc) is 3.72. The normalized spacial score (nSPS) is 14.8. The largest absolute Gasteiger partial charge is 0.422 e. The molecular formula is C29H3F14N5. The monoisotopic (exact) mass is 687 g/mol. The Hall–Kier alpha value is -6.21. The number of halogens is 14. The molecule has 0 spiro atoms. The van der Waals surface area contributed by atoms with Crippen LogP contribution in [0.4, 0.5) is 61.5 Å². The van der Waals surface area contributed by atoms with Gasteiger partial charge in [0.2, 0.25) is 0 Å². The number of hydrogen-bond acceptors (Lipinski definition) is 5. The van der Waals surface area contributed by atoms with E-state index >= 15 is 17.6 Å². The van der Waals surface area contributed by atoms with E-state index in [4.69, 9.17) is 5.26 Å². The van der Waals surface area contributed by atoms with Gasteiger partial charge in [0.15, 0.2) is 46.5 Å². The summed E-state index contributed by atoms with van der Waals surface area (Å²) in [5.74, 6) is -23.9. The number of pyridine rings is 1. The second kappa shape index (κ2) is 11.9. The van der Waals surface area contributed by atoms with E-state index in [1.807, 2.05) is 0 Å². The van der Waals surface area contributed by atoms with Crippen molar-refractivity contribution in [3.8, 4) is 24.3 Å². The molecule has 1 aliphatic rings. The van der Waals surface area contributed by atoms with E-state index in [-0.39, 0.29) is 0 Å². The van der Waals surface area contributed by atoms with Crippen molar-refractivity contribution in [3.05, 3.63) is 115 Å². The zero-order chi connectivity index (χ0) is 36.2. The Labute approximate surface area is 256 Å². The molecule has 0 amide bonds. The molecule has 1 heterocycles. The van der Waals surface area contributed by atoms with Crippen molar-refractivity contribution in [1.29, 1.82) is 21.0 Å². The van der Waals surface area contributed by atoms with Gasteiger partial charge >= 0.3 is 12.4 Å². The van der Waals surface area contributed by atoms with E-state index in [9.17, 15) is 59.7 Å². The molecule has 1 aromatic heterocycles. The van der Waals surface area contributed by atoms with Gasteiger partial charge in [0, 0.05) is 22.9 Å². The maximum atomic E-state index is 15.0. The maximum absolute atomic E-state index is 15.0. The molecule has 0 N–H and O–H groups in total. The number of nitriles is 4. The van der Waals surface area contributed by atoms with E-state index in [0.717, 1.165) is 30.5 Å². The third-order valence-corrected chi connectivity index (χ3v) is 6.53. The number of benzene rings is 2. The number of allylic oxidation sites excluding steroid dienone is 6. The molecular weight excluding hydrogens is 684 g/mol. The van der Waals surface area contributed by atoms with Gasteiger partial charge in [-0.25, -0.2) is 40.1 Å². The first kappa shape index (κ1) is 34.7. The summed E-state index contributed by atoms with van der Waals surface area (Å²) in [5, 5.41) is 38.6. The lowest BCUT2D eigenvalue weighted by atomic mass is 9.98. The highest BCUT2D eigenvalue weighted by Crippen LogP contribution is 2.57. The Morgan fingerprint density at radius 1 is 0.521 bits per heavy atom. The number of rotatable bonds is 3. The van der Waals surface area contributed by atoms with Gasteiger partial charge in [0.25, 0.3) is 0 Å². The van der Waals surface area contributed by atoms with Crippen molar-refractivity contribution in [3.63, 3.8) is 0 Å². The molecule has 19 heteroatoms. The molecule has 0 aliphatic heterocycles. The number of aromatic nitrogens is 1. The van der Waals surface area contributed by atoms with Crippen molar-refractivity contribution in [1.82, 2.24) is 4.98 Å². The van der Waals surface area contributed by atoms with E-state index in [1.54, 1.807) is 0 Å². The van der Waals surface area contributed by atoms with E-state index in [1.165, 1.54) is 12.1 Å². The molecule has 0 saturated heterocycles. The van der Waals surface area contributed by atoms with E-state index < -0.39 is 126 Å². The van der Waals surface area contributed by atoms with Crippen LogP contribution in [0.15, 0.2) is 35.0 Å². The quantitative estimate of drug-likeness (QED) is 0.156. The highest BCUT2D eigenvalue weighted by molar-refractivity contribution is 6.12. The summed E-state index contributed by atoms with van der Waals surface area (Å²) in [4.78, 5) is 3.56. The van der Waals surface area contributed by atoms with E-state index in [2.05, 4.69) is 4.98 Å². The Morgan fingerprint density at radius 2 is 0.854 bits per heavy atom. The molecule has 0 radical (unpaired) electrons. The molecule has 4 rings (SSSR count). The van der Waals surface area contributed by atoms with Gasteiger partial charge in [0.1, 0.15) is 41.1 Å². The molecule has 5 nitrogen and oxygen atoms in total. The van der Waals surface area contributed by atoms with Crippen LogP contribution in [0, 0.1) is 91.9 Å². The summed E-state index contributed by atoms with van der Waals surface area (Å²) in [5.41, 5.74) is -19.6. The Morgan fingerprint density at radius 3 is 1.15 bits per heavy atom. The lowest BCUT2D eigenvalue weighted by molar-refractivity contribution is -0.144. The first-order valence-corrected chi connectivity index (χ1v) is 12.0. The lowest BCUT2D eigenvalue weighted by Gasteiger charge is -2.14. The zero-order valence-electron chi connectivity index (χ0n) is 22.3. The fourth-order valence-corrected chi connectivity index (χ4v) is 4.52. The zero-order valence-corrected chi connectivity index (χ0v) is 22.3. The first-order chi connectivity index (χ1) is 22.3. The molecule has 3 aromatic rings. The van der Waals surface area contributed by atoms with Crippen molar-refractivity contribution in [2.75, 3.05) is 0 Å². The third kappa shape index (κ3) is 5.35. The minimum Gasteiger partial charge on any atom is -0.246 e. The molecule has 242 valence electrons. The van der Waals surface area contributed by atoms with Crippen LogP contribution in [-0.2, 0) is 12.4 Å². The molecule has 0 atom stereocenters. The van der Waals surface area contributed by atoms with Gasteiger partial charge in [-0.3, -0.25) is 0 Å². The predicted octanol–water partition coefficient (Wildman–Crippen LogP) is 8.35. The molecule has 0 bridgehead atoms. The first-order valence-electron chi connectivity index (χ1n) is 12.0. The maximum Gasteiger partial charge on any atom is 0.422 e. The van der Waals surface area contributed by atoms with Gasteiger partial charge in [-0.2, -0.15) is 47.4 Å². The summed E-state index contributed by atoms with van der Waals surface area (Å²) in [6, 6.07) is 6.53. The standard InChI is InChI=1S/C29H3F14N5/c30-20-16(21(31)25(35)18(24(20)34)28(38,39)40)11(6-46)14-13(10(5-45)8-1-2-48-9(3-8)4-44)15(14)12(7-47)17-22(32)26(36)19(29(41,42)43)27(37)23(17)33/h1-3H. The molecule has 1 saturated carbocycles. The Bertz CT molecular complexity index is 2060. The van der Waals surface area contributed by atoms with Crippen LogP contribution in [-0.4, -0.2) is 4.98 Å². The van der Waals surface area contributed by atoms with Gasteiger partial charge in [0.05, 0.1) is 27.8 Å². The van der Waals surface area contributed by atoms with Crippen LogP contribution >= 0.6 is 0 Å². The van der Waals surface area contributed by atoms with Gasteiger partial charge in [-0.05, 0) is 17.7 Å². The summed E-state index contributed by atoms with van der Waals surface area (Å²) in [6.07, 6.45) is -11.3. The third-order valence-electron chi connectivity index (χ3n) is 6.53. The number of nitrogens with zero attached hydrogens (tertiary/aromatic N) is 5. The van der Waals surface area contributed by atoms with Crippen LogP contribution in [0.1, 0.15) is 33.5 Å². The van der Waals surface area contributed by atoms with Crippen LogP contribution < -0.4 is 0 Å². The molecule has 48 heavy (non-hydrogen) atoms. The van der Waals surface area contributed by atoms with Crippen molar-refractivity contribution in [2.45, 2.75) is 12.4 Å². The summed E-state index contributed by atoms with van der Waals surface area (Å²) in [7, 11) is 0. The second-order valence-corrected chi connectivity index (χ2v) is 9.13. The Balaban J connectivity index is 2.29. The molecule has 1 aliphatic carbocycles. The summed E-state index contributed by atoms with van der Waals surface area (Å²) >= 11 is 0. The molecule has 0 unspecified atom stereocenters. The minimum absolute atomic E-state index is 0.447. The van der Waals surface area contributed by atoms with Crippen LogP contribution in [0.2, 0.25) is 0 Å². The highest BCUT2D eigenvalue weighted by atomic mass is 19.4. The highest BCUT2D eigenvalue weighted by Gasteiger charge is 2.48. The van der Waals surface area contributed by atoms with Crippen LogP contribution in [0.5, 0.6) is 0 Å². The van der Waals surface area contributed by atoms with Crippen molar-refractivity contribution in [2.24, 2.45) is 0 Å². The second-order valence-electron chi connectivity index (χ2n) is 9.13. The summed E-state index contributed by atoms with van der Waals surface area (Å²) < 4.78 is 197. The average molecular weight is 687 g/mol. The lowest BCUT2D eigenvalue weighted by Crippen LogP contribution is -2.17. The smallest absolute Gasteiger partial charge is 0.246 e. The predicted molar refractivity (Wildman–Crippen MR) is 129 cm³/mol. The fourth-order valence-electron chi connectivity index (χ4n) is 4.52. The van der Waals surface area contributed by atoms with Crippen molar-refractivity contribution < 1.29 is 61.5 Å². The molecule has 2 aromatic carbocycles. The molecule has 1 fully saturated rings. The van der Waals surface area contributed by atoms with E-state index in [0.29, 0.717) is 0 Å². The van der Waals surface area contributed by atoms with Crippen molar-refractivity contribution >= 4 is 16.7 Å². The SMILES string of the molecule is N#CC(=C1C(=C(C#N)c2c(F)c(F)c(C(F)(F)F)c(F)c2F)C1=C(C#N)c1c(F)c(F)c(C(F)(F)F)c(F)c1F)c1ccnc(C#N)c1. The topological polar surface area (TPSA) is 108 Å². The number of alkyl halides is 6. The minimum atomic E-state index is -6.06.